The molecule has 0 bridgehead atoms. The molecule has 0 saturated carbocycles. The third-order valence-corrected chi connectivity index (χ3v) is 6.63. The van der Waals surface area contributed by atoms with E-state index in [9.17, 15) is 17.6 Å². The van der Waals surface area contributed by atoms with E-state index in [-0.39, 0.29) is 4.90 Å². The summed E-state index contributed by atoms with van der Waals surface area (Å²) in [6.07, 6.45) is 3.19. The largest absolute Gasteiger partial charge is 0.280 e. The van der Waals surface area contributed by atoms with Crippen molar-refractivity contribution in [3.8, 4) is 0 Å². The van der Waals surface area contributed by atoms with Gasteiger partial charge in [-0.15, -0.1) is 0 Å². The molecule has 0 amide bonds. The van der Waals surface area contributed by atoms with Crippen LogP contribution in [0.1, 0.15) is 49.9 Å². The zero-order valence-corrected chi connectivity index (χ0v) is 19.6. The number of halogens is 4. The summed E-state index contributed by atoms with van der Waals surface area (Å²) in [4.78, 5) is -0.315. The second-order valence-electron chi connectivity index (χ2n) is 7.52. The standard InChI is InChI=1S/C26H27F4NS/c1-5-16-9-11-21(18(7-3)13-16)31(22-12-10-17(6-2)14-19(22)8-4)32-23-15-20(27)24(28)26(30)25(23)29/h9-15H,5-8H2,1-4H3. The third-order valence-electron chi connectivity index (χ3n) is 5.56. The highest BCUT2D eigenvalue weighted by Gasteiger charge is 2.24. The summed E-state index contributed by atoms with van der Waals surface area (Å²) in [6.45, 7) is 8.19. The first-order valence-corrected chi connectivity index (χ1v) is 11.7. The van der Waals surface area contributed by atoms with Crippen LogP contribution in [0.3, 0.4) is 0 Å². The van der Waals surface area contributed by atoms with Crippen LogP contribution in [0.2, 0.25) is 0 Å². The predicted molar refractivity (Wildman–Crippen MR) is 125 cm³/mol. The van der Waals surface area contributed by atoms with Gasteiger partial charge in [0.15, 0.2) is 23.3 Å². The normalized spacial score (nSPS) is 11.1. The molecule has 0 spiro atoms. The summed E-state index contributed by atoms with van der Waals surface area (Å²) in [5, 5.41) is 0. The lowest BCUT2D eigenvalue weighted by Gasteiger charge is -2.28. The molecule has 0 fully saturated rings. The van der Waals surface area contributed by atoms with E-state index in [0.29, 0.717) is 6.07 Å². The van der Waals surface area contributed by atoms with Gasteiger partial charge in [-0.2, -0.15) is 0 Å². The Labute approximate surface area is 191 Å². The Hall–Kier alpha value is -2.47. The van der Waals surface area contributed by atoms with Gasteiger partial charge in [-0.25, -0.2) is 17.6 Å². The van der Waals surface area contributed by atoms with Crippen molar-refractivity contribution in [1.82, 2.24) is 0 Å². The number of aryl methyl sites for hydroxylation is 4. The van der Waals surface area contributed by atoms with Crippen molar-refractivity contribution >= 4 is 23.3 Å². The van der Waals surface area contributed by atoms with Crippen LogP contribution >= 0.6 is 11.9 Å². The molecule has 0 aliphatic rings. The van der Waals surface area contributed by atoms with Gasteiger partial charge < -0.3 is 0 Å². The van der Waals surface area contributed by atoms with Gasteiger partial charge in [0, 0.05) is 0 Å². The second kappa shape index (κ2) is 10.4. The molecule has 6 heteroatoms. The molecule has 3 aromatic rings. The third kappa shape index (κ3) is 4.80. The summed E-state index contributed by atoms with van der Waals surface area (Å²) >= 11 is 0.856. The molecule has 3 aromatic carbocycles. The fourth-order valence-corrected chi connectivity index (χ4v) is 4.70. The van der Waals surface area contributed by atoms with Crippen LogP contribution in [-0.4, -0.2) is 0 Å². The van der Waals surface area contributed by atoms with Crippen LogP contribution in [0.15, 0.2) is 47.4 Å². The number of anilines is 2. The molecule has 170 valence electrons. The Morgan fingerprint density at radius 3 is 1.56 bits per heavy atom. The molecule has 32 heavy (non-hydrogen) atoms. The molecule has 0 N–H and O–H groups in total. The summed E-state index contributed by atoms with van der Waals surface area (Å²) in [5.74, 6) is -6.42. The summed E-state index contributed by atoms with van der Waals surface area (Å²) in [7, 11) is 0. The molecule has 3 rings (SSSR count). The predicted octanol–water partition coefficient (Wildman–Crippen LogP) is 8.34. The first kappa shape index (κ1) is 24.2. The first-order chi connectivity index (χ1) is 15.3. The van der Waals surface area contributed by atoms with Crippen LogP contribution in [0, 0.1) is 23.3 Å². The molecular formula is C26H27F4NS. The van der Waals surface area contributed by atoms with Gasteiger partial charge in [-0.05, 0) is 78.1 Å². The van der Waals surface area contributed by atoms with Crippen molar-refractivity contribution in [1.29, 1.82) is 0 Å². The van der Waals surface area contributed by atoms with E-state index < -0.39 is 23.3 Å². The molecule has 0 aromatic heterocycles. The van der Waals surface area contributed by atoms with E-state index in [1.807, 2.05) is 38.1 Å². The SMILES string of the molecule is CCc1ccc(N(Sc2cc(F)c(F)c(F)c2F)c2ccc(CC)cc2CC)c(CC)c1. The maximum Gasteiger partial charge on any atom is 0.198 e. The number of rotatable bonds is 8. The van der Waals surface area contributed by atoms with Crippen LogP contribution < -0.4 is 4.31 Å². The lowest BCUT2D eigenvalue weighted by atomic mass is 10.0. The lowest BCUT2D eigenvalue weighted by molar-refractivity contribution is 0.398. The second-order valence-corrected chi connectivity index (χ2v) is 8.51. The van der Waals surface area contributed by atoms with E-state index >= 15 is 0 Å². The minimum atomic E-state index is -1.80. The Morgan fingerprint density at radius 2 is 1.12 bits per heavy atom. The molecule has 0 aliphatic heterocycles. The Kier molecular flexibility index (Phi) is 7.88. The zero-order chi connectivity index (χ0) is 23.4. The number of nitrogens with zero attached hydrogens (tertiary/aromatic N) is 1. The number of hydrogen-bond donors (Lipinski definition) is 0. The van der Waals surface area contributed by atoms with Crippen LogP contribution in [0.4, 0.5) is 28.9 Å². The van der Waals surface area contributed by atoms with Gasteiger partial charge in [0.05, 0.1) is 16.3 Å². The lowest BCUT2D eigenvalue weighted by Crippen LogP contribution is -2.13. The van der Waals surface area contributed by atoms with E-state index in [0.717, 1.165) is 71.3 Å². The summed E-state index contributed by atoms with van der Waals surface area (Å²) in [5.41, 5.74) is 6.00. The quantitative estimate of drug-likeness (QED) is 0.144. The van der Waals surface area contributed by atoms with Crippen LogP contribution in [0.25, 0.3) is 0 Å². The minimum absolute atomic E-state index is 0.315. The molecule has 0 saturated heterocycles. The highest BCUT2D eigenvalue weighted by atomic mass is 32.2. The number of benzene rings is 3. The van der Waals surface area contributed by atoms with E-state index in [1.54, 1.807) is 4.31 Å². The van der Waals surface area contributed by atoms with Crippen LogP contribution in [0.5, 0.6) is 0 Å². The molecule has 0 aliphatic carbocycles. The van der Waals surface area contributed by atoms with E-state index in [1.165, 1.54) is 0 Å². The number of hydrogen-bond acceptors (Lipinski definition) is 2. The van der Waals surface area contributed by atoms with Crippen molar-refractivity contribution in [3.05, 3.63) is 88.0 Å². The molecule has 0 unspecified atom stereocenters. The average Bonchev–Trinajstić information content (AvgIpc) is 2.83. The molecular weight excluding hydrogens is 434 g/mol. The van der Waals surface area contributed by atoms with Gasteiger partial charge in [0.25, 0.3) is 0 Å². The summed E-state index contributed by atoms with van der Waals surface area (Å²) < 4.78 is 57.9. The minimum Gasteiger partial charge on any atom is -0.280 e. The fraction of sp³-hybridized carbons (Fsp3) is 0.308. The smallest absolute Gasteiger partial charge is 0.198 e. The Morgan fingerprint density at radius 1 is 0.625 bits per heavy atom. The van der Waals surface area contributed by atoms with Gasteiger partial charge in [-0.3, -0.25) is 4.31 Å². The van der Waals surface area contributed by atoms with Crippen LogP contribution in [-0.2, 0) is 25.7 Å². The Bertz CT molecular complexity index is 1060. The molecule has 0 radical (unpaired) electrons. The van der Waals surface area contributed by atoms with E-state index in [2.05, 4.69) is 26.0 Å². The maximum absolute atomic E-state index is 14.6. The van der Waals surface area contributed by atoms with Crippen molar-refractivity contribution < 1.29 is 17.6 Å². The zero-order valence-electron chi connectivity index (χ0n) is 18.7. The summed E-state index contributed by atoms with van der Waals surface area (Å²) in [6, 6.07) is 12.8. The van der Waals surface area contributed by atoms with Crippen molar-refractivity contribution in [3.63, 3.8) is 0 Å². The molecule has 0 atom stereocenters. The first-order valence-electron chi connectivity index (χ1n) is 10.9. The fourth-order valence-electron chi connectivity index (χ4n) is 3.62. The topological polar surface area (TPSA) is 3.24 Å². The molecule has 1 nitrogen and oxygen atoms in total. The van der Waals surface area contributed by atoms with E-state index in [4.69, 9.17) is 0 Å². The Balaban J connectivity index is 2.22. The van der Waals surface area contributed by atoms with Crippen molar-refractivity contribution in [2.45, 2.75) is 58.3 Å². The molecule has 0 heterocycles. The van der Waals surface area contributed by atoms with Gasteiger partial charge in [-0.1, -0.05) is 52.0 Å². The van der Waals surface area contributed by atoms with Gasteiger partial charge >= 0.3 is 0 Å². The highest BCUT2D eigenvalue weighted by molar-refractivity contribution is 8.01. The van der Waals surface area contributed by atoms with Crippen molar-refractivity contribution in [2.75, 3.05) is 4.31 Å². The monoisotopic (exact) mass is 461 g/mol. The van der Waals surface area contributed by atoms with Gasteiger partial charge in [0.2, 0.25) is 0 Å². The van der Waals surface area contributed by atoms with Gasteiger partial charge in [0.1, 0.15) is 0 Å². The highest BCUT2D eigenvalue weighted by Crippen LogP contribution is 2.42. The average molecular weight is 462 g/mol. The maximum atomic E-state index is 14.6. The van der Waals surface area contributed by atoms with Crippen molar-refractivity contribution in [2.24, 2.45) is 0 Å².